The van der Waals surface area contributed by atoms with Crippen LogP contribution < -0.4 is 19.5 Å². The van der Waals surface area contributed by atoms with Gasteiger partial charge in [-0.3, -0.25) is 4.79 Å². The number of benzene rings is 2. The number of rotatable bonds is 6. The van der Waals surface area contributed by atoms with E-state index in [1.807, 2.05) is 25.1 Å². The molecule has 2 aromatic rings. The molecule has 2 aromatic carbocycles. The monoisotopic (exact) mass is 326 g/mol. The van der Waals surface area contributed by atoms with E-state index in [0.717, 1.165) is 5.56 Å². The summed E-state index contributed by atoms with van der Waals surface area (Å²) in [6.45, 7) is 1.75. The Morgan fingerprint density at radius 1 is 1.12 bits per heavy atom. The molecule has 0 aliphatic carbocycles. The maximum Gasteiger partial charge on any atom is 0.262 e. The molecule has 0 aliphatic heterocycles. The van der Waals surface area contributed by atoms with Crippen molar-refractivity contribution in [3.05, 3.63) is 47.5 Å². The van der Waals surface area contributed by atoms with Crippen LogP contribution in [0.4, 0.5) is 5.69 Å². The second-order valence-corrected chi connectivity index (χ2v) is 5.01. The number of ether oxygens (including phenoxy) is 3. The van der Waals surface area contributed by atoms with E-state index in [0.29, 0.717) is 28.5 Å². The highest BCUT2D eigenvalue weighted by atomic mass is 16.5. The molecule has 0 bridgehead atoms. The molecule has 0 aliphatic rings. The van der Waals surface area contributed by atoms with Gasteiger partial charge in [-0.05, 0) is 36.8 Å². The van der Waals surface area contributed by atoms with Crippen molar-refractivity contribution in [3.63, 3.8) is 0 Å². The molecule has 0 heterocycles. The number of methoxy groups -OCH3 is 2. The minimum absolute atomic E-state index is 0.174. The van der Waals surface area contributed by atoms with Gasteiger partial charge in [0.05, 0.1) is 25.5 Å². The first-order valence-electron chi connectivity index (χ1n) is 7.22. The van der Waals surface area contributed by atoms with Crippen LogP contribution in [0.25, 0.3) is 0 Å². The average Bonchev–Trinajstić information content (AvgIpc) is 2.59. The summed E-state index contributed by atoms with van der Waals surface area (Å²) in [5.41, 5.74) is 1.99. The maximum absolute atomic E-state index is 12.1. The Balaban J connectivity index is 2.01. The van der Waals surface area contributed by atoms with Crippen LogP contribution in [0.1, 0.15) is 11.1 Å². The molecular weight excluding hydrogens is 308 g/mol. The third-order valence-electron chi connectivity index (χ3n) is 3.29. The van der Waals surface area contributed by atoms with Gasteiger partial charge in [-0.1, -0.05) is 6.07 Å². The van der Waals surface area contributed by atoms with Gasteiger partial charge in [-0.25, -0.2) is 0 Å². The summed E-state index contributed by atoms with van der Waals surface area (Å²) in [6.07, 6.45) is 0. The molecule has 0 aromatic heterocycles. The molecule has 0 fully saturated rings. The second kappa shape index (κ2) is 7.88. The summed E-state index contributed by atoms with van der Waals surface area (Å²) in [5, 5.41) is 11.7. The van der Waals surface area contributed by atoms with Gasteiger partial charge in [-0.15, -0.1) is 0 Å². The van der Waals surface area contributed by atoms with Crippen LogP contribution in [-0.2, 0) is 4.79 Å². The molecule has 0 radical (unpaired) electrons. The molecular formula is C18H18N2O4. The fourth-order valence-electron chi connectivity index (χ4n) is 2.11. The van der Waals surface area contributed by atoms with Crippen LogP contribution in [0.3, 0.4) is 0 Å². The molecule has 0 saturated heterocycles. The number of nitriles is 1. The summed E-state index contributed by atoms with van der Waals surface area (Å²) < 4.78 is 15.8. The molecule has 0 spiro atoms. The van der Waals surface area contributed by atoms with Gasteiger partial charge in [0, 0.05) is 6.07 Å². The number of aryl methyl sites for hydroxylation is 1. The van der Waals surface area contributed by atoms with Crippen molar-refractivity contribution in [2.24, 2.45) is 0 Å². The van der Waals surface area contributed by atoms with Crippen LogP contribution in [0, 0.1) is 18.3 Å². The summed E-state index contributed by atoms with van der Waals surface area (Å²) in [4.78, 5) is 12.1. The van der Waals surface area contributed by atoms with Gasteiger partial charge < -0.3 is 19.5 Å². The fraction of sp³-hybridized carbons (Fsp3) is 0.222. The van der Waals surface area contributed by atoms with Crippen LogP contribution in [0.15, 0.2) is 36.4 Å². The molecule has 124 valence electrons. The highest BCUT2D eigenvalue weighted by molar-refractivity contribution is 5.93. The number of nitrogens with zero attached hydrogens (tertiary/aromatic N) is 1. The Morgan fingerprint density at radius 3 is 2.54 bits per heavy atom. The number of carbonyl (C=O) groups is 1. The lowest BCUT2D eigenvalue weighted by atomic mass is 10.2. The number of hydrogen-bond acceptors (Lipinski definition) is 5. The van der Waals surface area contributed by atoms with E-state index < -0.39 is 0 Å². The SMILES string of the molecule is COc1cc(OCC(=O)Nc2cc(C)ccc2OC)ccc1C#N. The van der Waals surface area contributed by atoms with Crippen molar-refractivity contribution < 1.29 is 19.0 Å². The predicted octanol–water partition coefficient (Wildman–Crippen LogP) is 2.90. The van der Waals surface area contributed by atoms with Gasteiger partial charge in [0.25, 0.3) is 5.91 Å². The quantitative estimate of drug-likeness (QED) is 0.883. The van der Waals surface area contributed by atoms with Gasteiger partial charge >= 0.3 is 0 Å². The number of carbonyl (C=O) groups excluding carboxylic acids is 1. The zero-order chi connectivity index (χ0) is 17.5. The molecule has 0 atom stereocenters. The Morgan fingerprint density at radius 2 is 1.88 bits per heavy atom. The Hall–Kier alpha value is -3.20. The molecule has 0 unspecified atom stereocenters. The summed E-state index contributed by atoms with van der Waals surface area (Å²) in [6, 6.07) is 12.3. The highest BCUT2D eigenvalue weighted by Gasteiger charge is 2.10. The van der Waals surface area contributed by atoms with E-state index in [1.165, 1.54) is 7.11 Å². The molecule has 0 saturated carbocycles. The lowest BCUT2D eigenvalue weighted by Gasteiger charge is -2.12. The summed E-state index contributed by atoms with van der Waals surface area (Å²) in [7, 11) is 3.01. The highest BCUT2D eigenvalue weighted by Crippen LogP contribution is 2.26. The summed E-state index contributed by atoms with van der Waals surface area (Å²) in [5.74, 6) is 1.10. The number of hydrogen-bond donors (Lipinski definition) is 1. The summed E-state index contributed by atoms with van der Waals surface area (Å²) >= 11 is 0. The Bertz CT molecular complexity index is 781. The minimum Gasteiger partial charge on any atom is -0.495 e. The van der Waals surface area contributed by atoms with Gasteiger partial charge in [0.15, 0.2) is 6.61 Å². The van der Waals surface area contributed by atoms with Crippen molar-refractivity contribution in [3.8, 4) is 23.3 Å². The second-order valence-electron chi connectivity index (χ2n) is 5.01. The third-order valence-corrected chi connectivity index (χ3v) is 3.29. The zero-order valence-electron chi connectivity index (χ0n) is 13.8. The van der Waals surface area contributed by atoms with Crippen LogP contribution >= 0.6 is 0 Å². The normalized spacial score (nSPS) is 9.75. The van der Waals surface area contributed by atoms with E-state index in [-0.39, 0.29) is 12.5 Å². The van der Waals surface area contributed by atoms with Crippen molar-refractivity contribution in [1.82, 2.24) is 0 Å². The van der Waals surface area contributed by atoms with Crippen molar-refractivity contribution in [1.29, 1.82) is 5.26 Å². The smallest absolute Gasteiger partial charge is 0.262 e. The molecule has 1 N–H and O–H groups in total. The van der Waals surface area contributed by atoms with Crippen molar-refractivity contribution in [2.75, 3.05) is 26.1 Å². The van der Waals surface area contributed by atoms with Crippen LogP contribution in [0.5, 0.6) is 17.2 Å². The molecule has 24 heavy (non-hydrogen) atoms. The zero-order valence-corrected chi connectivity index (χ0v) is 13.8. The number of amides is 1. The molecule has 1 amide bonds. The number of nitrogens with one attached hydrogen (secondary N) is 1. The Labute approximate surface area is 140 Å². The van der Waals surface area contributed by atoms with Gasteiger partial charge in [-0.2, -0.15) is 5.26 Å². The minimum atomic E-state index is -0.317. The van der Waals surface area contributed by atoms with Crippen molar-refractivity contribution >= 4 is 11.6 Å². The third kappa shape index (κ3) is 4.17. The lowest BCUT2D eigenvalue weighted by Crippen LogP contribution is -2.20. The Kier molecular flexibility index (Phi) is 5.63. The average molecular weight is 326 g/mol. The standard InChI is InChI=1S/C18H18N2O4/c1-12-4-7-16(22-2)15(8-12)20-18(21)11-24-14-6-5-13(10-19)17(9-14)23-3/h4-9H,11H2,1-3H3,(H,20,21). The molecule has 6 heteroatoms. The maximum atomic E-state index is 12.1. The van der Waals surface area contributed by atoms with E-state index in [2.05, 4.69) is 5.32 Å². The molecule has 2 rings (SSSR count). The first-order valence-corrected chi connectivity index (χ1v) is 7.22. The predicted molar refractivity (Wildman–Crippen MR) is 89.6 cm³/mol. The largest absolute Gasteiger partial charge is 0.495 e. The van der Waals surface area contributed by atoms with E-state index >= 15 is 0 Å². The van der Waals surface area contributed by atoms with E-state index in [1.54, 1.807) is 31.4 Å². The number of anilines is 1. The first kappa shape index (κ1) is 17.2. The topological polar surface area (TPSA) is 80.6 Å². The fourth-order valence-corrected chi connectivity index (χ4v) is 2.11. The molecule has 6 nitrogen and oxygen atoms in total. The lowest BCUT2D eigenvalue weighted by molar-refractivity contribution is -0.118. The van der Waals surface area contributed by atoms with E-state index in [9.17, 15) is 4.79 Å². The van der Waals surface area contributed by atoms with Crippen LogP contribution in [-0.4, -0.2) is 26.7 Å². The first-order chi connectivity index (χ1) is 11.6. The van der Waals surface area contributed by atoms with Gasteiger partial charge in [0.2, 0.25) is 0 Å². The van der Waals surface area contributed by atoms with E-state index in [4.69, 9.17) is 19.5 Å². The van der Waals surface area contributed by atoms with Gasteiger partial charge in [0.1, 0.15) is 23.3 Å². The van der Waals surface area contributed by atoms with Crippen LogP contribution in [0.2, 0.25) is 0 Å². The van der Waals surface area contributed by atoms with Crippen molar-refractivity contribution in [2.45, 2.75) is 6.92 Å².